The third-order valence-corrected chi connectivity index (χ3v) is 5.01. The van der Waals surface area contributed by atoms with E-state index in [-0.39, 0.29) is 18.1 Å². The van der Waals surface area contributed by atoms with Crippen molar-refractivity contribution in [3.63, 3.8) is 0 Å². The normalized spacial score (nSPS) is 28.0. The van der Waals surface area contributed by atoms with Gasteiger partial charge in [-0.25, -0.2) is 0 Å². The predicted molar refractivity (Wildman–Crippen MR) is 88.2 cm³/mol. The summed E-state index contributed by atoms with van der Waals surface area (Å²) >= 11 is 0. The van der Waals surface area contributed by atoms with E-state index in [1.54, 1.807) is 0 Å². The first-order chi connectivity index (χ1) is 11.7. The monoisotopic (exact) mass is 332 g/mol. The molecular formula is C18H24N2O4. The highest BCUT2D eigenvalue weighted by Crippen LogP contribution is 2.31. The first-order valence-electron chi connectivity index (χ1n) is 8.74. The molecule has 6 nitrogen and oxygen atoms in total. The van der Waals surface area contributed by atoms with Gasteiger partial charge in [0.1, 0.15) is 25.4 Å². The second kappa shape index (κ2) is 6.61. The van der Waals surface area contributed by atoms with E-state index < -0.39 is 0 Å². The maximum absolute atomic E-state index is 11.9. The molecule has 0 spiro atoms. The van der Waals surface area contributed by atoms with Crippen molar-refractivity contribution in [1.29, 1.82) is 0 Å². The van der Waals surface area contributed by atoms with Gasteiger partial charge in [-0.1, -0.05) is 6.07 Å². The van der Waals surface area contributed by atoms with Crippen LogP contribution >= 0.6 is 0 Å². The van der Waals surface area contributed by atoms with E-state index in [4.69, 9.17) is 14.2 Å². The number of fused-ring (bicyclic) bond motifs is 1. The average molecular weight is 332 g/mol. The Bertz CT molecular complexity index is 613. The average Bonchev–Trinajstić information content (AvgIpc) is 2.94. The molecular weight excluding hydrogens is 308 g/mol. The molecule has 3 heterocycles. The van der Waals surface area contributed by atoms with Gasteiger partial charge in [0, 0.05) is 39.1 Å². The number of esters is 1. The van der Waals surface area contributed by atoms with Crippen molar-refractivity contribution < 1.29 is 19.0 Å². The van der Waals surface area contributed by atoms with Gasteiger partial charge in [0.2, 0.25) is 0 Å². The summed E-state index contributed by atoms with van der Waals surface area (Å²) in [6, 6.07) is 6.14. The number of ether oxygens (including phenoxy) is 3. The fourth-order valence-corrected chi connectivity index (χ4v) is 3.71. The van der Waals surface area contributed by atoms with E-state index in [2.05, 4.69) is 21.9 Å². The highest BCUT2D eigenvalue weighted by molar-refractivity contribution is 5.78. The van der Waals surface area contributed by atoms with Crippen LogP contribution in [0.1, 0.15) is 18.9 Å². The molecule has 2 fully saturated rings. The van der Waals surface area contributed by atoms with E-state index in [9.17, 15) is 4.79 Å². The molecule has 1 aromatic rings. The Kier molecular flexibility index (Phi) is 4.33. The van der Waals surface area contributed by atoms with E-state index >= 15 is 0 Å². The van der Waals surface area contributed by atoms with Gasteiger partial charge >= 0.3 is 5.97 Å². The number of rotatable bonds is 3. The highest BCUT2D eigenvalue weighted by atomic mass is 16.6. The van der Waals surface area contributed by atoms with Crippen molar-refractivity contribution in [3.8, 4) is 11.5 Å². The second-order valence-electron chi connectivity index (χ2n) is 6.79. The van der Waals surface area contributed by atoms with Crippen LogP contribution in [0.2, 0.25) is 0 Å². The molecule has 0 bridgehead atoms. The quantitative estimate of drug-likeness (QED) is 0.777. The van der Waals surface area contributed by atoms with Crippen molar-refractivity contribution in [2.75, 3.05) is 39.4 Å². The van der Waals surface area contributed by atoms with Crippen molar-refractivity contribution in [2.45, 2.75) is 32.0 Å². The van der Waals surface area contributed by atoms with Crippen LogP contribution in [0.15, 0.2) is 18.2 Å². The van der Waals surface area contributed by atoms with Gasteiger partial charge < -0.3 is 14.2 Å². The third kappa shape index (κ3) is 3.21. The van der Waals surface area contributed by atoms with Crippen LogP contribution in [0.5, 0.6) is 11.5 Å². The van der Waals surface area contributed by atoms with Crippen LogP contribution in [0.3, 0.4) is 0 Å². The van der Waals surface area contributed by atoms with Crippen molar-refractivity contribution in [3.05, 3.63) is 23.8 Å². The van der Waals surface area contributed by atoms with Gasteiger partial charge in [0.15, 0.2) is 11.5 Å². The Morgan fingerprint density at radius 2 is 1.83 bits per heavy atom. The van der Waals surface area contributed by atoms with Crippen molar-refractivity contribution >= 4 is 5.97 Å². The number of cyclic esters (lactones) is 1. The van der Waals surface area contributed by atoms with E-state index in [0.29, 0.717) is 13.2 Å². The summed E-state index contributed by atoms with van der Waals surface area (Å²) in [6.07, 6.45) is 0.874. The highest BCUT2D eigenvalue weighted by Gasteiger charge is 2.37. The van der Waals surface area contributed by atoms with Gasteiger partial charge in [0.25, 0.3) is 0 Å². The standard InChI is InChI=1S/C18H24N2O4/c1-13-10-15(18(21)24-13)20-6-4-19(5-7-20)12-14-2-3-16-17(11-14)23-9-8-22-16/h2-3,11,13,15H,4-10,12H2,1H3. The molecule has 2 unspecified atom stereocenters. The first-order valence-corrected chi connectivity index (χ1v) is 8.74. The summed E-state index contributed by atoms with van der Waals surface area (Å²) in [5, 5.41) is 0. The topological polar surface area (TPSA) is 51.2 Å². The molecule has 6 heteroatoms. The molecule has 3 aliphatic heterocycles. The molecule has 0 aliphatic carbocycles. The molecule has 4 rings (SSSR count). The van der Waals surface area contributed by atoms with E-state index in [1.807, 2.05) is 13.0 Å². The summed E-state index contributed by atoms with van der Waals surface area (Å²) in [4.78, 5) is 16.6. The van der Waals surface area contributed by atoms with Gasteiger partial charge in [-0.15, -0.1) is 0 Å². The Morgan fingerprint density at radius 3 is 2.54 bits per heavy atom. The van der Waals surface area contributed by atoms with Crippen LogP contribution in [0.25, 0.3) is 0 Å². The molecule has 2 saturated heterocycles. The second-order valence-corrected chi connectivity index (χ2v) is 6.79. The van der Waals surface area contributed by atoms with Crippen molar-refractivity contribution in [2.24, 2.45) is 0 Å². The Labute approximate surface area is 142 Å². The first kappa shape index (κ1) is 15.7. The number of carbonyl (C=O) groups is 1. The number of hydrogen-bond acceptors (Lipinski definition) is 6. The summed E-state index contributed by atoms with van der Waals surface area (Å²) in [5.41, 5.74) is 1.24. The van der Waals surface area contributed by atoms with E-state index in [0.717, 1.165) is 50.6 Å². The lowest BCUT2D eigenvalue weighted by atomic mass is 10.1. The molecule has 0 aromatic heterocycles. The number of benzene rings is 1. The number of nitrogens with zero attached hydrogens (tertiary/aromatic N) is 2. The molecule has 1 aromatic carbocycles. The van der Waals surface area contributed by atoms with Gasteiger partial charge in [0.05, 0.1) is 0 Å². The minimum atomic E-state index is -0.0530. The lowest BCUT2D eigenvalue weighted by Crippen LogP contribution is -2.51. The Hall–Kier alpha value is -1.79. The fourth-order valence-electron chi connectivity index (χ4n) is 3.71. The molecule has 3 aliphatic rings. The summed E-state index contributed by atoms with van der Waals surface area (Å²) in [7, 11) is 0. The molecule has 0 amide bonds. The largest absolute Gasteiger partial charge is 0.486 e. The minimum Gasteiger partial charge on any atom is -0.486 e. The molecule has 2 atom stereocenters. The van der Waals surface area contributed by atoms with Crippen LogP contribution in [-0.2, 0) is 16.1 Å². The molecule has 24 heavy (non-hydrogen) atoms. The number of piperazine rings is 1. The van der Waals surface area contributed by atoms with E-state index in [1.165, 1.54) is 5.56 Å². The SMILES string of the molecule is CC1CC(N2CCN(Cc3ccc4c(c3)OCCO4)CC2)C(=O)O1. The third-order valence-electron chi connectivity index (χ3n) is 5.01. The zero-order valence-corrected chi connectivity index (χ0v) is 14.1. The zero-order chi connectivity index (χ0) is 16.5. The maximum Gasteiger partial charge on any atom is 0.323 e. The molecule has 0 N–H and O–H groups in total. The Balaban J connectivity index is 1.32. The summed E-state index contributed by atoms with van der Waals surface area (Å²) < 4.78 is 16.5. The molecule has 0 radical (unpaired) electrons. The van der Waals surface area contributed by atoms with Gasteiger partial charge in [-0.2, -0.15) is 0 Å². The fraction of sp³-hybridized carbons (Fsp3) is 0.611. The number of hydrogen-bond donors (Lipinski definition) is 0. The Morgan fingerprint density at radius 1 is 1.08 bits per heavy atom. The van der Waals surface area contributed by atoms with Crippen molar-refractivity contribution in [1.82, 2.24) is 9.80 Å². The van der Waals surface area contributed by atoms with Crippen LogP contribution in [0, 0.1) is 0 Å². The van der Waals surface area contributed by atoms with Crippen LogP contribution in [-0.4, -0.2) is 67.3 Å². The zero-order valence-electron chi connectivity index (χ0n) is 14.1. The number of carbonyl (C=O) groups excluding carboxylic acids is 1. The van der Waals surface area contributed by atoms with Crippen LogP contribution in [0.4, 0.5) is 0 Å². The maximum atomic E-state index is 11.9. The van der Waals surface area contributed by atoms with Gasteiger partial charge in [-0.3, -0.25) is 14.6 Å². The lowest BCUT2D eigenvalue weighted by molar-refractivity contribution is -0.145. The summed E-state index contributed by atoms with van der Waals surface area (Å²) in [6.45, 7) is 7.86. The van der Waals surface area contributed by atoms with Gasteiger partial charge in [-0.05, 0) is 24.6 Å². The molecule has 130 valence electrons. The lowest BCUT2D eigenvalue weighted by Gasteiger charge is -2.36. The molecule has 0 saturated carbocycles. The smallest absolute Gasteiger partial charge is 0.323 e. The minimum absolute atomic E-state index is 0.0450. The van der Waals surface area contributed by atoms with Crippen LogP contribution < -0.4 is 9.47 Å². The predicted octanol–water partition coefficient (Wildman–Crippen LogP) is 1.28. The summed E-state index contributed by atoms with van der Waals surface area (Å²) in [5.74, 6) is 1.63.